The van der Waals surface area contributed by atoms with Crippen LogP contribution < -0.4 is 5.73 Å². The lowest BCUT2D eigenvalue weighted by atomic mass is 9.93. The van der Waals surface area contributed by atoms with E-state index in [1.165, 1.54) is 12.1 Å². The molecule has 0 aliphatic carbocycles. The van der Waals surface area contributed by atoms with Crippen LogP contribution in [0.1, 0.15) is 36.2 Å². The molecule has 0 fully saturated rings. The molecule has 1 rings (SSSR count). The molecule has 3 heteroatoms. The minimum absolute atomic E-state index is 0.112. The van der Waals surface area contributed by atoms with Gasteiger partial charge in [0.25, 0.3) is 0 Å². The van der Waals surface area contributed by atoms with Gasteiger partial charge in [-0.3, -0.25) is 4.79 Å². The van der Waals surface area contributed by atoms with Crippen molar-refractivity contribution in [2.45, 2.75) is 32.7 Å². The molecular formula is C12H16FNO. The molecule has 0 bridgehead atoms. The molecule has 0 aliphatic rings. The number of carbonyl (C=O) groups is 1. The molecule has 0 atom stereocenters. The highest BCUT2D eigenvalue weighted by Gasteiger charge is 2.19. The first-order chi connectivity index (χ1) is 6.79. The molecule has 1 aromatic rings. The molecule has 0 radical (unpaired) electrons. The van der Waals surface area contributed by atoms with Crippen LogP contribution in [-0.2, 0) is 0 Å². The molecule has 2 N–H and O–H groups in total. The number of carbonyl (C=O) groups excluding carboxylic acids is 1. The van der Waals surface area contributed by atoms with Crippen LogP contribution >= 0.6 is 0 Å². The van der Waals surface area contributed by atoms with Crippen molar-refractivity contribution in [3.8, 4) is 0 Å². The molecule has 0 saturated heterocycles. The smallest absolute Gasteiger partial charge is 0.165 e. The Balaban J connectivity index is 2.96. The average Bonchev–Trinajstić information content (AvgIpc) is 2.06. The Bertz CT molecular complexity index is 380. The van der Waals surface area contributed by atoms with E-state index in [9.17, 15) is 9.18 Å². The second kappa shape index (κ2) is 4.11. The van der Waals surface area contributed by atoms with Gasteiger partial charge >= 0.3 is 0 Å². The second-order valence-electron chi connectivity index (χ2n) is 4.55. The predicted octanol–water partition coefficient (Wildman–Crippen LogP) is 2.44. The van der Waals surface area contributed by atoms with E-state index in [4.69, 9.17) is 5.73 Å². The van der Waals surface area contributed by atoms with E-state index in [0.717, 1.165) is 5.56 Å². The SMILES string of the molecule is Cc1ccc(F)cc1C(=O)CC(C)(C)N. The Kier molecular flexibility index (Phi) is 3.25. The normalized spacial score (nSPS) is 11.5. The van der Waals surface area contributed by atoms with Crippen molar-refractivity contribution >= 4 is 5.78 Å². The minimum atomic E-state index is -0.560. The molecule has 0 heterocycles. The van der Waals surface area contributed by atoms with E-state index < -0.39 is 11.4 Å². The largest absolute Gasteiger partial charge is 0.325 e. The van der Waals surface area contributed by atoms with E-state index >= 15 is 0 Å². The van der Waals surface area contributed by atoms with Gasteiger partial charge in [0.2, 0.25) is 0 Å². The molecular weight excluding hydrogens is 193 g/mol. The van der Waals surface area contributed by atoms with Crippen molar-refractivity contribution in [2.75, 3.05) is 0 Å². The number of halogens is 1. The number of hydrogen-bond acceptors (Lipinski definition) is 2. The predicted molar refractivity (Wildman–Crippen MR) is 58.4 cm³/mol. The number of benzene rings is 1. The van der Waals surface area contributed by atoms with Gasteiger partial charge in [0.1, 0.15) is 5.82 Å². The Morgan fingerprint density at radius 1 is 1.47 bits per heavy atom. The summed E-state index contributed by atoms with van der Waals surface area (Å²) in [4.78, 5) is 11.8. The van der Waals surface area contributed by atoms with Crippen molar-refractivity contribution in [2.24, 2.45) is 5.73 Å². The molecule has 0 saturated carbocycles. The monoisotopic (exact) mass is 209 g/mol. The summed E-state index contributed by atoms with van der Waals surface area (Å²) in [5, 5.41) is 0. The fourth-order valence-electron chi connectivity index (χ4n) is 1.40. The number of aryl methyl sites for hydroxylation is 1. The van der Waals surface area contributed by atoms with Gasteiger partial charge in [0.15, 0.2) is 5.78 Å². The van der Waals surface area contributed by atoms with E-state index in [0.29, 0.717) is 5.56 Å². The molecule has 2 nitrogen and oxygen atoms in total. The van der Waals surface area contributed by atoms with Crippen molar-refractivity contribution in [3.05, 3.63) is 35.1 Å². The lowest BCUT2D eigenvalue weighted by molar-refractivity contribution is 0.0959. The van der Waals surface area contributed by atoms with Crippen LogP contribution in [0.25, 0.3) is 0 Å². The van der Waals surface area contributed by atoms with E-state index in [2.05, 4.69) is 0 Å². The van der Waals surface area contributed by atoms with E-state index in [1.54, 1.807) is 26.8 Å². The maximum atomic E-state index is 13.0. The highest BCUT2D eigenvalue weighted by Crippen LogP contribution is 2.16. The maximum Gasteiger partial charge on any atom is 0.165 e. The van der Waals surface area contributed by atoms with Crippen LogP contribution in [0.15, 0.2) is 18.2 Å². The lowest BCUT2D eigenvalue weighted by Gasteiger charge is -2.17. The number of hydrogen-bond donors (Lipinski definition) is 1. The Hall–Kier alpha value is -1.22. The maximum absolute atomic E-state index is 13.0. The Labute approximate surface area is 89.3 Å². The minimum Gasteiger partial charge on any atom is -0.325 e. The van der Waals surface area contributed by atoms with Crippen molar-refractivity contribution in [1.29, 1.82) is 0 Å². The number of Topliss-reactive ketones (excluding diaryl/α,β-unsaturated/α-hetero) is 1. The fraction of sp³-hybridized carbons (Fsp3) is 0.417. The molecule has 0 aliphatic heterocycles. The third kappa shape index (κ3) is 3.44. The van der Waals surface area contributed by atoms with Gasteiger partial charge in [-0.15, -0.1) is 0 Å². The van der Waals surface area contributed by atoms with Crippen LogP contribution in [0, 0.1) is 12.7 Å². The molecule has 0 spiro atoms. The lowest BCUT2D eigenvalue weighted by Crippen LogP contribution is -2.34. The third-order valence-electron chi connectivity index (χ3n) is 2.12. The summed E-state index contributed by atoms with van der Waals surface area (Å²) in [6, 6.07) is 4.22. The van der Waals surface area contributed by atoms with E-state index in [1.807, 2.05) is 0 Å². The quantitative estimate of drug-likeness (QED) is 0.777. The Morgan fingerprint density at radius 3 is 2.60 bits per heavy atom. The summed E-state index contributed by atoms with van der Waals surface area (Å²) in [7, 11) is 0. The number of ketones is 1. The van der Waals surface area contributed by atoms with Crippen molar-refractivity contribution < 1.29 is 9.18 Å². The first-order valence-electron chi connectivity index (χ1n) is 4.88. The van der Waals surface area contributed by atoms with Gasteiger partial charge < -0.3 is 5.73 Å². The van der Waals surface area contributed by atoms with Gasteiger partial charge in [-0.1, -0.05) is 6.07 Å². The summed E-state index contributed by atoms with van der Waals surface area (Å²) in [6.45, 7) is 5.34. The van der Waals surface area contributed by atoms with E-state index in [-0.39, 0.29) is 12.2 Å². The summed E-state index contributed by atoms with van der Waals surface area (Å²) in [5.41, 5.74) is 6.40. The molecule has 0 amide bonds. The van der Waals surface area contributed by atoms with Crippen LogP contribution in [-0.4, -0.2) is 11.3 Å². The van der Waals surface area contributed by atoms with Gasteiger partial charge in [-0.25, -0.2) is 4.39 Å². The Morgan fingerprint density at radius 2 is 2.07 bits per heavy atom. The number of nitrogens with two attached hydrogens (primary N) is 1. The number of rotatable bonds is 3. The van der Waals surface area contributed by atoms with Crippen LogP contribution in [0.4, 0.5) is 4.39 Å². The van der Waals surface area contributed by atoms with Crippen LogP contribution in [0.2, 0.25) is 0 Å². The third-order valence-corrected chi connectivity index (χ3v) is 2.12. The summed E-state index contributed by atoms with van der Waals surface area (Å²) < 4.78 is 13.0. The van der Waals surface area contributed by atoms with Gasteiger partial charge in [0, 0.05) is 17.5 Å². The first kappa shape index (κ1) is 11.9. The fourth-order valence-corrected chi connectivity index (χ4v) is 1.40. The topological polar surface area (TPSA) is 43.1 Å². The van der Waals surface area contributed by atoms with Crippen LogP contribution in [0.3, 0.4) is 0 Å². The summed E-state index contributed by atoms with van der Waals surface area (Å²) in [6.07, 6.45) is 0.220. The van der Waals surface area contributed by atoms with Crippen molar-refractivity contribution in [3.63, 3.8) is 0 Å². The zero-order valence-electron chi connectivity index (χ0n) is 9.30. The molecule has 0 aromatic heterocycles. The highest BCUT2D eigenvalue weighted by molar-refractivity contribution is 5.98. The molecule has 15 heavy (non-hydrogen) atoms. The summed E-state index contributed by atoms with van der Waals surface area (Å²) >= 11 is 0. The van der Waals surface area contributed by atoms with Crippen molar-refractivity contribution in [1.82, 2.24) is 0 Å². The zero-order valence-corrected chi connectivity index (χ0v) is 9.30. The molecule has 0 unspecified atom stereocenters. The molecule has 82 valence electrons. The van der Waals surface area contributed by atoms with Gasteiger partial charge in [-0.05, 0) is 38.5 Å². The van der Waals surface area contributed by atoms with Gasteiger partial charge in [0.05, 0.1) is 0 Å². The average molecular weight is 209 g/mol. The molecule has 1 aromatic carbocycles. The second-order valence-corrected chi connectivity index (χ2v) is 4.55. The van der Waals surface area contributed by atoms with Crippen LogP contribution in [0.5, 0.6) is 0 Å². The zero-order chi connectivity index (χ0) is 11.6. The first-order valence-corrected chi connectivity index (χ1v) is 4.88. The highest BCUT2D eigenvalue weighted by atomic mass is 19.1. The standard InChI is InChI=1S/C12H16FNO/c1-8-4-5-9(13)6-10(8)11(15)7-12(2,3)14/h4-6H,7,14H2,1-3H3. The summed E-state index contributed by atoms with van der Waals surface area (Å²) in [5.74, 6) is -0.502. The van der Waals surface area contributed by atoms with Gasteiger partial charge in [-0.2, -0.15) is 0 Å².